The summed E-state index contributed by atoms with van der Waals surface area (Å²) < 4.78 is 5.23. The molecule has 1 N–H and O–H groups in total. The van der Waals surface area contributed by atoms with Crippen molar-refractivity contribution in [3.63, 3.8) is 0 Å². The third-order valence-electron chi connectivity index (χ3n) is 6.22. The zero-order valence-corrected chi connectivity index (χ0v) is 23.2. The molecule has 196 valence electrons. The molecule has 0 unspecified atom stereocenters. The summed E-state index contributed by atoms with van der Waals surface area (Å²) >= 11 is 8.01. The zero-order chi connectivity index (χ0) is 26.6. The smallest absolute Gasteiger partial charge is 0.243 e. The van der Waals surface area contributed by atoms with Crippen molar-refractivity contribution in [2.24, 2.45) is 0 Å². The van der Waals surface area contributed by atoms with Crippen molar-refractivity contribution in [1.29, 1.82) is 0 Å². The lowest BCUT2D eigenvalue weighted by atomic mass is 10.0. The van der Waals surface area contributed by atoms with Crippen LogP contribution in [0.3, 0.4) is 0 Å². The van der Waals surface area contributed by atoms with E-state index in [0.717, 1.165) is 28.9 Å². The highest BCUT2D eigenvalue weighted by Crippen LogP contribution is 2.23. The van der Waals surface area contributed by atoms with Crippen LogP contribution in [-0.2, 0) is 28.3 Å². The molecule has 0 aliphatic heterocycles. The van der Waals surface area contributed by atoms with E-state index in [1.807, 2.05) is 92.7 Å². The number of rotatable bonds is 13. The van der Waals surface area contributed by atoms with E-state index in [0.29, 0.717) is 17.2 Å². The number of methoxy groups -OCH3 is 1. The molecule has 0 saturated heterocycles. The molecule has 3 aromatic carbocycles. The van der Waals surface area contributed by atoms with Gasteiger partial charge in [-0.15, -0.1) is 11.8 Å². The number of thioether (sulfide) groups is 1. The SMILES string of the molecule is CC[C@H](C)NC(=O)[C@@H](Cc1ccccc1)N(Cc1ccccc1Cl)C(=O)CSCc1ccc(OC)cc1. The Balaban J connectivity index is 1.84. The lowest BCUT2D eigenvalue weighted by Crippen LogP contribution is -2.52. The van der Waals surface area contributed by atoms with Crippen LogP contribution in [0.1, 0.15) is 37.0 Å². The molecular formula is C30H35ClN2O3S. The predicted molar refractivity (Wildman–Crippen MR) is 153 cm³/mol. The van der Waals surface area contributed by atoms with E-state index in [-0.39, 0.29) is 30.2 Å². The fourth-order valence-corrected chi connectivity index (χ4v) is 4.93. The number of nitrogens with one attached hydrogen (secondary N) is 1. The van der Waals surface area contributed by atoms with Crippen molar-refractivity contribution < 1.29 is 14.3 Å². The zero-order valence-electron chi connectivity index (χ0n) is 21.7. The molecule has 0 aromatic heterocycles. The van der Waals surface area contributed by atoms with Gasteiger partial charge >= 0.3 is 0 Å². The van der Waals surface area contributed by atoms with E-state index >= 15 is 0 Å². The molecule has 37 heavy (non-hydrogen) atoms. The first kappa shape index (κ1) is 28.6. The van der Waals surface area contributed by atoms with E-state index in [4.69, 9.17) is 16.3 Å². The highest BCUT2D eigenvalue weighted by molar-refractivity contribution is 7.99. The first-order chi connectivity index (χ1) is 17.9. The largest absolute Gasteiger partial charge is 0.497 e. The number of carbonyl (C=O) groups is 2. The maximum atomic E-state index is 13.7. The van der Waals surface area contributed by atoms with Gasteiger partial charge < -0.3 is 15.0 Å². The van der Waals surface area contributed by atoms with Gasteiger partial charge in [-0.1, -0.05) is 79.2 Å². The number of hydrogen-bond donors (Lipinski definition) is 1. The second kappa shape index (κ2) is 14.7. The lowest BCUT2D eigenvalue weighted by Gasteiger charge is -2.32. The molecule has 0 aliphatic carbocycles. The topological polar surface area (TPSA) is 58.6 Å². The minimum absolute atomic E-state index is 0.00693. The van der Waals surface area contributed by atoms with E-state index in [9.17, 15) is 9.59 Å². The van der Waals surface area contributed by atoms with Crippen molar-refractivity contribution in [1.82, 2.24) is 10.2 Å². The Labute approximate surface area is 229 Å². The van der Waals surface area contributed by atoms with Crippen molar-refractivity contribution >= 4 is 35.2 Å². The average Bonchev–Trinajstić information content (AvgIpc) is 2.92. The highest BCUT2D eigenvalue weighted by Gasteiger charge is 2.31. The number of halogens is 1. The summed E-state index contributed by atoms with van der Waals surface area (Å²) in [7, 11) is 1.64. The Morgan fingerprint density at radius 3 is 2.30 bits per heavy atom. The summed E-state index contributed by atoms with van der Waals surface area (Å²) in [5.41, 5.74) is 2.91. The van der Waals surface area contributed by atoms with Crippen LogP contribution >= 0.6 is 23.4 Å². The van der Waals surface area contributed by atoms with Crippen molar-refractivity contribution in [3.8, 4) is 5.75 Å². The van der Waals surface area contributed by atoms with Crippen LogP contribution in [0.4, 0.5) is 0 Å². The molecule has 0 bridgehead atoms. The fraction of sp³-hybridized carbons (Fsp3) is 0.333. The molecule has 3 aromatic rings. The molecule has 0 aliphatic rings. The molecule has 2 amide bonds. The van der Waals surface area contributed by atoms with Crippen LogP contribution in [0.15, 0.2) is 78.9 Å². The van der Waals surface area contributed by atoms with Gasteiger partial charge in [0.15, 0.2) is 0 Å². The van der Waals surface area contributed by atoms with Gasteiger partial charge in [0.05, 0.1) is 12.9 Å². The molecule has 0 saturated carbocycles. The minimum Gasteiger partial charge on any atom is -0.497 e. The minimum atomic E-state index is -0.665. The molecule has 0 radical (unpaired) electrons. The number of benzene rings is 3. The Morgan fingerprint density at radius 2 is 1.65 bits per heavy atom. The van der Waals surface area contributed by atoms with E-state index in [1.54, 1.807) is 12.0 Å². The number of ether oxygens (including phenoxy) is 1. The van der Waals surface area contributed by atoms with Crippen LogP contribution in [0.5, 0.6) is 5.75 Å². The maximum Gasteiger partial charge on any atom is 0.243 e. The number of hydrogen-bond acceptors (Lipinski definition) is 4. The molecule has 7 heteroatoms. The summed E-state index contributed by atoms with van der Waals surface area (Å²) in [6, 6.07) is 24.4. The van der Waals surface area contributed by atoms with Crippen molar-refractivity contribution in [2.45, 2.75) is 51.1 Å². The Morgan fingerprint density at radius 1 is 0.973 bits per heavy atom. The lowest BCUT2D eigenvalue weighted by molar-refractivity contribution is -0.139. The Bertz CT molecular complexity index is 1140. The summed E-state index contributed by atoms with van der Waals surface area (Å²) in [5.74, 6) is 1.47. The van der Waals surface area contributed by atoms with Gasteiger partial charge in [0.2, 0.25) is 11.8 Å². The molecule has 5 nitrogen and oxygen atoms in total. The van der Waals surface area contributed by atoms with Gasteiger partial charge in [-0.05, 0) is 48.2 Å². The predicted octanol–water partition coefficient (Wildman–Crippen LogP) is 6.14. The first-order valence-corrected chi connectivity index (χ1v) is 14.0. The molecule has 0 fully saturated rings. The fourth-order valence-electron chi connectivity index (χ4n) is 3.87. The third kappa shape index (κ3) is 8.83. The van der Waals surface area contributed by atoms with E-state index in [2.05, 4.69) is 5.32 Å². The standard InChI is InChI=1S/C30H35ClN2O3S/c1-4-22(2)32-30(35)28(18-23-10-6-5-7-11-23)33(19-25-12-8-9-13-27(25)31)29(34)21-37-20-24-14-16-26(36-3)17-15-24/h5-17,22,28H,4,18-21H2,1-3H3,(H,32,35)/t22-,28+/m0/s1. The van der Waals surface area contributed by atoms with Crippen molar-refractivity contribution in [3.05, 3.63) is 101 Å². The van der Waals surface area contributed by atoms with Crippen LogP contribution in [0, 0.1) is 0 Å². The molecular weight excluding hydrogens is 504 g/mol. The normalized spacial score (nSPS) is 12.4. The number of carbonyl (C=O) groups excluding carboxylic acids is 2. The third-order valence-corrected chi connectivity index (χ3v) is 7.58. The summed E-state index contributed by atoms with van der Waals surface area (Å²) in [4.78, 5) is 28.9. The van der Waals surface area contributed by atoms with Crippen LogP contribution < -0.4 is 10.1 Å². The van der Waals surface area contributed by atoms with Crippen LogP contribution in [0.2, 0.25) is 5.02 Å². The second-order valence-electron chi connectivity index (χ2n) is 8.98. The summed E-state index contributed by atoms with van der Waals surface area (Å²) in [6.45, 7) is 4.26. The number of nitrogens with zero attached hydrogens (tertiary/aromatic N) is 1. The summed E-state index contributed by atoms with van der Waals surface area (Å²) in [6.07, 6.45) is 1.22. The highest BCUT2D eigenvalue weighted by atomic mass is 35.5. The van der Waals surface area contributed by atoms with Crippen molar-refractivity contribution in [2.75, 3.05) is 12.9 Å². The average molecular weight is 539 g/mol. The molecule has 0 heterocycles. The van der Waals surface area contributed by atoms with Gasteiger partial charge in [-0.25, -0.2) is 0 Å². The summed E-state index contributed by atoms with van der Waals surface area (Å²) in [5, 5.41) is 3.67. The first-order valence-electron chi connectivity index (χ1n) is 12.5. The molecule has 3 rings (SSSR count). The monoisotopic (exact) mass is 538 g/mol. The Kier molecular flexibility index (Phi) is 11.4. The second-order valence-corrected chi connectivity index (χ2v) is 10.4. The van der Waals surface area contributed by atoms with Gasteiger partial charge in [0.1, 0.15) is 11.8 Å². The van der Waals surface area contributed by atoms with E-state index in [1.165, 1.54) is 11.8 Å². The van der Waals surface area contributed by atoms with E-state index < -0.39 is 6.04 Å². The quantitative estimate of drug-likeness (QED) is 0.284. The molecule has 0 spiro atoms. The van der Waals surface area contributed by atoms with Gasteiger partial charge in [0, 0.05) is 29.8 Å². The van der Waals surface area contributed by atoms with Gasteiger partial charge in [-0.3, -0.25) is 9.59 Å². The van der Waals surface area contributed by atoms with Crippen LogP contribution in [0.25, 0.3) is 0 Å². The van der Waals surface area contributed by atoms with Crippen LogP contribution in [-0.4, -0.2) is 41.7 Å². The maximum absolute atomic E-state index is 13.7. The Hall–Kier alpha value is -2.96. The van der Waals surface area contributed by atoms with Gasteiger partial charge in [-0.2, -0.15) is 0 Å². The number of amides is 2. The molecule has 2 atom stereocenters. The van der Waals surface area contributed by atoms with Gasteiger partial charge in [0.25, 0.3) is 0 Å².